The topological polar surface area (TPSA) is 96.4 Å². The molecule has 3 heterocycles. The van der Waals surface area contributed by atoms with Crippen LogP contribution in [0.1, 0.15) is 57.4 Å². The number of aliphatic hydroxyl groups is 1. The van der Waals surface area contributed by atoms with E-state index >= 15 is 4.11 Å². The van der Waals surface area contributed by atoms with Gasteiger partial charge in [0.05, 0.1) is 18.9 Å². The molecule has 37 heavy (non-hydrogen) atoms. The first-order valence-electron chi connectivity index (χ1n) is 13.4. The van der Waals surface area contributed by atoms with Crippen LogP contribution in [0.5, 0.6) is 0 Å². The number of amides is 2. The van der Waals surface area contributed by atoms with Gasteiger partial charge in [0.1, 0.15) is 0 Å². The smallest absolute Gasteiger partial charge is 0.305 e. The summed E-state index contributed by atoms with van der Waals surface area (Å²) in [6.07, 6.45) is 3.35. The van der Waals surface area contributed by atoms with Gasteiger partial charge in [-0.15, -0.1) is 0 Å². The number of esters is 1. The van der Waals surface area contributed by atoms with Gasteiger partial charge < -0.3 is 28.5 Å². The molecule has 2 amide bonds. The van der Waals surface area contributed by atoms with Gasteiger partial charge in [0.2, 0.25) is 14.3 Å². The Bertz CT molecular complexity index is 1050. The zero-order valence-corrected chi connectivity index (χ0v) is 23.3. The lowest BCUT2D eigenvalue weighted by Gasteiger charge is -2.32. The summed E-state index contributed by atoms with van der Waals surface area (Å²) in [7, 11) is -1.93. The van der Waals surface area contributed by atoms with Crippen molar-refractivity contribution in [2.75, 3.05) is 36.6 Å². The maximum Gasteiger partial charge on any atom is 0.305 e. The van der Waals surface area contributed by atoms with Crippen LogP contribution in [0.15, 0.2) is 18.2 Å². The second kappa shape index (κ2) is 10.8. The number of benzene rings is 1. The van der Waals surface area contributed by atoms with Crippen LogP contribution < -0.4 is 9.80 Å². The second-order valence-electron chi connectivity index (χ2n) is 11.0. The van der Waals surface area contributed by atoms with Crippen molar-refractivity contribution in [2.45, 2.75) is 82.2 Å². The van der Waals surface area contributed by atoms with Crippen molar-refractivity contribution in [2.24, 2.45) is 5.92 Å². The molecule has 8 nitrogen and oxygen atoms in total. The lowest BCUT2D eigenvalue weighted by atomic mass is 9.82. The summed E-state index contributed by atoms with van der Waals surface area (Å²) >= 11 is 0. The van der Waals surface area contributed by atoms with Crippen molar-refractivity contribution < 1.29 is 33.1 Å². The molecule has 3 aliphatic rings. The van der Waals surface area contributed by atoms with Crippen LogP contribution in [0, 0.1) is 5.92 Å². The fourth-order valence-electron chi connectivity index (χ4n) is 6.54. The molecule has 10 heteroatoms. The second-order valence-corrected chi connectivity index (χ2v) is 14.8. The summed E-state index contributed by atoms with van der Waals surface area (Å²) in [5, 5.41) is 9.73. The number of piperidine rings is 1. The number of ether oxygens (including phenoxy) is 2. The number of aliphatic hydroxyl groups excluding tert-OH is 1. The first kappa shape index (κ1) is 27.7. The molecule has 0 unspecified atom stereocenters. The number of anilines is 2. The van der Waals surface area contributed by atoms with E-state index < -0.39 is 31.6 Å². The molecular formula is C27H39FN2O6Si. The highest BCUT2D eigenvalue weighted by atomic mass is 28.4. The summed E-state index contributed by atoms with van der Waals surface area (Å²) in [5.41, 5.74) is 0.226. The van der Waals surface area contributed by atoms with E-state index in [2.05, 4.69) is 0 Å². The highest BCUT2D eigenvalue weighted by Crippen LogP contribution is 2.60. The van der Waals surface area contributed by atoms with Crippen LogP contribution in [0.3, 0.4) is 0 Å². The third-order valence-corrected chi connectivity index (χ3v) is 10.7. The molecule has 1 aromatic carbocycles. The lowest BCUT2D eigenvalue weighted by molar-refractivity contribution is -0.146. The Balaban J connectivity index is 1.75. The molecule has 0 aromatic heterocycles. The van der Waals surface area contributed by atoms with Gasteiger partial charge in [0.25, 0.3) is 5.91 Å². The molecule has 1 N–H and O–H groups in total. The van der Waals surface area contributed by atoms with Crippen LogP contribution in [0.2, 0.25) is 18.6 Å². The van der Waals surface area contributed by atoms with E-state index in [1.165, 1.54) is 7.11 Å². The Morgan fingerprint density at radius 3 is 2.68 bits per heavy atom. The van der Waals surface area contributed by atoms with Crippen molar-refractivity contribution in [1.82, 2.24) is 0 Å². The first-order chi connectivity index (χ1) is 17.6. The number of nitrogens with zero attached hydrogens (tertiary/aromatic N) is 2. The van der Waals surface area contributed by atoms with Crippen molar-refractivity contribution >= 4 is 37.6 Å². The van der Waals surface area contributed by atoms with Gasteiger partial charge in [-0.1, -0.05) is 6.92 Å². The molecule has 0 saturated carbocycles. The standard InChI is InChI=1S/C27H39FN2O6Si/c1-18-25(37(3,4)28)22(13-16-31)36-27(18)20-17-19(29-14-7-5-9-23(29)32)11-12-21(20)30(26(27)34)15-8-6-10-24(33)35-2/h11-12,17-18,22,25,31H,5-10,13-16H2,1-4H3/t18-,22+,25-,27+/m0/s1. The fourth-order valence-corrected chi connectivity index (χ4v) is 9.08. The molecule has 0 radical (unpaired) electrons. The Hall–Kier alpha value is -2.30. The lowest BCUT2D eigenvalue weighted by Crippen LogP contribution is -2.45. The summed E-state index contributed by atoms with van der Waals surface area (Å²) in [5.74, 6) is -0.927. The van der Waals surface area contributed by atoms with Crippen molar-refractivity contribution in [1.29, 1.82) is 0 Å². The number of unbranched alkanes of at least 4 members (excludes halogenated alkanes) is 1. The summed E-state index contributed by atoms with van der Waals surface area (Å²) in [6.45, 7) is 6.00. The van der Waals surface area contributed by atoms with Gasteiger partial charge in [-0.3, -0.25) is 14.4 Å². The van der Waals surface area contributed by atoms with Crippen LogP contribution >= 0.6 is 0 Å². The molecule has 0 bridgehead atoms. The van der Waals surface area contributed by atoms with Gasteiger partial charge >= 0.3 is 5.97 Å². The highest BCUT2D eigenvalue weighted by molar-refractivity contribution is 6.72. The zero-order chi connectivity index (χ0) is 27.0. The van der Waals surface area contributed by atoms with Crippen molar-refractivity contribution in [3.8, 4) is 0 Å². The molecule has 4 rings (SSSR count). The molecular weight excluding hydrogens is 495 g/mol. The van der Waals surface area contributed by atoms with E-state index in [0.717, 1.165) is 18.5 Å². The molecule has 204 valence electrons. The Morgan fingerprint density at radius 1 is 1.27 bits per heavy atom. The minimum atomic E-state index is -3.28. The minimum absolute atomic E-state index is 0.0537. The predicted molar refractivity (Wildman–Crippen MR) is 141 cm³/mol. The van der Waals surface area contributed by atoms with E-state index in [9.17, 15) is 19.5 Å². The quantitative estimate of drug-likeness (QED) is 0.222. The van der Waals surface area contributed by atoms with Gasteiger partial charge in [0, 0.05) is 55.2 Å². The maximum atomic E-state index is 15.7. The SMILES string of the molecule is COC(=O)CCCCN1C(=O)[C@]2(O[C@H](CCO)[C@@H]([Si](C)(C)F)[C@@H]2C)c2cc(N3CCCCC3=O)ccc21. The number of carbonyl (C=O) groups is 3. The summed E-state index contributed by atoms with van der Waals surface area (Å²) in [6, 6.07) is 5.61. The molecule has 4 atom stereocenters. The summed E-state index contributed by atoms with van der Waals surface area (Å²) in [4.78, 5) is 41.9. The first-order valence-corrected chi connectivity index (χ1v) is 16.3. The average molecular weight is 535 g/mol. The fraction of sp³-hybridized carbons (Fsp3) is 0.667. The Morgan fingerprint density at radius 2 is 2.03 bits per heavy atom. The number of hydrogen-bond donors (Lipinski definition) is 1. The zero-order valence-electron chi connectivity index (χ0n) is 22.3. The van der Waals surface area contributed by atoms with Gasteiger partial charge in [-0.25, -0.2) is 0 Å². The number of fused-ring (bicyclic) bond motifs is 2. The third kappa shape index (κ3) is 4.95. The Labute approximate surface area is 219 Å². The monoisotopic (exact) mass is 534 g/mol. The van der Waals surface area contributed by atoms with Crippen LogP contribution in [-0.2, 0) is 29.5 Å². The number of methoxy groups -OCH3 is 1. The Kier molecular flexibility index (Phi) is 8.11. The largest absolute Gasteiger partial charge is 0.469 e. The number of carbonyl (C=O) groups excluding carboxylic acids is 3. The maximum absolute atomic E-state index is 15.7. The molecule has 2 saturated heterocycles. The minimum Gasteiger partial charge on any atom is -0.469 e. The summed E-state index contributed by atoms with van der Waals surface area (Å²) < 4.78 is 27.0. The molecule has 1 aromatic rings. The van der Waals surface area contributed by atoms with E-state index in [4.69, 9.17) is 9.47 Å². The van der Waals surface area contributed by atoms with E-state index in [0.29, 0.717) is 43.6 Å². The van der Waals surface area contributed by atoms with Gasteiger partial charge in [-0.05, 0) is 63.4 Å². The normalized spacial score (nSPS) is 27.8. The van der Waals surface area contributed by atoms with Crippen LogP contribution in [0.4, 0.5) is 15.5 Å². The van der Waals surface area contributed by atoms with Gasteiger partial charge in [0.15, 0.2) is 5.60 Å². The highest BCUT2D eigenvalue weighted by Gasteiger charge is 2.66. The number of rotatable bonds is 9. The number of halogens is 1. The molecule has 3 aliphatic heterocycles. The third-order valence-electron chi connectivity index (χ3n) is 8.23. The average Bonchev–Trinajstić information content (AvgIpc) is 3.28. The van der Waals surface area contributed by atoms with E-state index in [-0.39, 0.29) is 37.2 Å². The molecule has 0 aliphatic carbocycles. The molecule has 2 fully saturated rings. The van der Waals surface area contributed by atoms with Gasteiger partial charge in [-0.2, -0.15) is 0 Å². The van der Waals surface area contributed by atoms with Crippen molar-refractivity contribution in [3.05, 3.63) is 23.8 Å². The van der Waals surface area contributed by atoms with Crippen molar-refractivity contribution in [3.63, 3.8) is 0 Å². The van der Waals surface area contributed by atoms with Crippen LogP contribution in [-0.4, -0.2) is 64.2 Å². The van der Waals surface area contributed by atoms with E-state index in [1.807, 2.05) is 25.1 Å². The number of hydrogen-bond acceptors (Lipinski definition) is 6. The molecule has 1 spiro atoms. The van der Waals surface area contributed by atoms with E-state index in [1.54, 1.807) is 22.9 Å². The van der Waals surface area contributed by atoms with Crippen LogP contribution in [0.25, 0.3) is 0 Å². The predicted octanol–water partition coefficient (Wildman–Crippen LogP) is 4.05.